The van der Waals surface area contributed by atoms with Gasteiger partial charge in [-0.2, -0.15) is 0 Å². The maximum Gasteiger partial charge on any atom is 0.257 e. The number of aromatic nitrogens is 2. The first-order valence-corrected chi connectivity index (χ1v) is 10.4. The second kappa shape index (κ2) is 7.62. The predicted octanol–water partition coefficient (Wildman–Crippen LogP) is 1.52. The fourth-order valence-corrected chi connectivity index (χ4v) is 4.87. The molecule has 0 bridgehead atoms. The van der Waals surface area contributed by atoms with Crippen molar-refractivity contribution in [3.8, 4) is 0 Å². The predicted molar refractivity (Wildman–Crippen MR) is 105 cm³/mol. The van der Waals surface area contributed by atoms with Crippen molar-refractivity contribution in [3.63, 3.8) is 0 Å². The molecule has 3 aliphatic rings. The number of H-pyrrole nitrogens is 1. The first kappa shape index (κ1) is 18.5. The Hall–Kier alpha value is -1.89. The topological polar surface area (TPSA) is 72.5 Å². The van der Waals surface area contributed by atoms with Crippen LogP contribution in [-0.4, -0.2) is 63.9 Å². The van der Waals surface area contributed by atoms with Crippen LogP contribution in [0.2, 0.25) is 0 Å². The van der Waals surface area contributed by atoms with Gasteiger partial charge in [-0.1, -0.05) is 0 Å². The molecule has 2 fully saturated rings. The minimum absolute atomic E-state index is 0.0428. The van der Waals surface area contributed by atoms with Crippen LogP contribution in [0.4, 0.5) is 5.95 Å². The molecule has 2 atom stereocenters. The van der Waals surface area contributed by atoms with E-state index in [1.807, 2.05) is 0 Å². The van der Waals surface area contributed by atoms with Crippen LogP contribution in [0.25, 0.3) is 0 Å². The Balaban J connectivity index is 1.45. The van der Waals surface area contributed by atoms with E-state index in [1.165, 1.54) is 6.42 Å². The van der Waals surface area contributed by atoms with E-state index in [9.17, 15) is 9.59 Å². The molecular weight excluding hydrogens is 342 g/mol. The van der Waals surface area contributed by atoms with Crippen molar-refractivity contribution in [1.29, 1.82) is 0 Å². The van der Waals surface area contributed by atoms with Crippen LogP contribution in [0.3, 0.4) is 0 Å². The lowest BCUT2D eigenvalue weighted by Gasteiger charge is -2.40. The second-order valence-electron chi connectivity index (χ2n) is 8.40. The minimum Gasteiger partial charge on any atom is -0.342 e. The van der Waals surface area contributed by atoms with Crippen molar-refractivity contribution in [3.05, 3.63) is 21.6 Å². The second-order valence-corrected chi connectivity index (χ2v) is 8.40. The quantitative estimate of drug-likeness (QED) is 0.870. The van der Waals surface area contributed by atoms with Gasteiger partial charge in [0.2, 0.25) is 11.9 Å². The summed E-state index contributed by atoms with van der Waals surface area (Å²) in [5.74, 6) is 0.910. The van der Waals surface area contributed by atoms with Crippen LogP contribution in [0, 0.1) is 0 Å². The third kappa shape index (κ3) is 3.74. The summed E-state index contributed by atoms with van der Waals surface area (Å²) in [6.45, 7) is 7.91. The molecule has 2 saturated heterocycles. The number of hydrogen-bond donors (Lipinski definition) is 1. The Morgan fingerprint density at radius 2 is 1.81 bits per heavy atom. The number of nitrogens with one attached hydrogen (secondary N) is 1. The van der Waals surface area contributed by atoms with Crippen LogP contribution >= 0.6 is 0 Å². The van der Waals surface area contributed by atoms with Crippen molar-refractivity contribution in [2.75, 3.05) is 31.1 Å². The van der Waals surface area contributed by atoms with Gasteiger partial charge >= 0.3 is 0 Å². The molecule has 0 unspecified atom stereocenters. The van der Waals surface area contributed by atoms with E-state index in [1.54, 1.807) is 0 Å². The summed E-state index contributed by atoms with van der Waals surface area (Å²) in [6, 6.07) is 0.623. The highest BCUT2D eigenvalue weighted by atomic mass is 16.2. The van der Waals surface area contributed by atoms with Crippen molar-refractivity contribution < 1.29 is 4.79 Å². The molecule has 1 amide bonds. The fraction of sp³-hybridized carbons (Fsp3) is 0.750. The smallest absolute Gasteiger partial charge is 0.257 e. The fourth-order valence-electron chi connectivity index (χ4n) is 4.87. The standard InChI is InChI=1S/C20H31N5O2/c1-14-6-5-7-15(2)25(14)18(26)13-23-11-8-17-16(12-23)19(27)22-20(21-17)24-9-3-4-10-24/h14-15H,3-13H2,1-2H3,(H,21,22,27)/t14-,15-/m0/s1. The normalized spacial score (nSPS) is 26.3. The highest BCUT2D eigenvalue weighted by Gasteiger charge is 2.31. The Morgan fingerprint density at radius 1 is 1.11 bits per heavy atom. The number of rotatable bonds is 3. The monoisotopic (exact) mass is 373 g/mol. The summed E-state index contributed by atoms with van der Waals surface area (Å²) < 4.78 is 0. The highest BCUT2D eigenvalue weighted by molar-refractivity contribution is 5.79. The molecule has 1 aromatic rings. The lowest BCUT2D eigenvalue weighted by atomic mass is 9.97. The van der Waals surface area contributed by atoms with E-state index >= 15 is 0 Å². The first-order valence-electron chi connectivity index (χ1n) is 10.4. The van der Waals surface area contributed by atoms with Gasteiger partial charge in [-0.15, -0.1) is 0 Å². The van der Waals surface area contributed by atoms with Gasteiger partial charge in [-0.05, 0) is 46.0 Å². The number of fused-ring (bicyclic) bond motifs is 1. The zero-order valence-electron chi connectivity index (χ0n) is 16.5. The summed E-state index contributed by atoms with van der Waals surface area (Å²) in [5, 5.41) is 0. The number of aromatic amines is 1. The molecule has 0 aromatic carbocycles. The van der Waals surface area contributed by atoms with Gasteiger partial charge in [0.15, 0.2) is 0 Å². The molecule has 1 aromatic heterocycles. The molecule has 0 saturated carbocycles. The van der Waals surface area contributed by atoms with E-state index in [0.717, 1.165) is 68.9 Å². The number of amides is 1. The molecule has 27 heavy (non-hydrogen) atoms. The number of nitrogens with zero attached hydrogens (tertiary/aromatic N) is 4. The van der Waals surface area contributed by atoms with Gasteiger partial charge in [-0.25, -0.2) is 4.98 Å². The molecule has 0 radical (unpaired) electrons. The van der Waals surface area contributed by atoms with E-state index in [-0.39, 0.29) is 11.5 Å². The number of hydrogen-bond acceptors (Lipinski definition) is 5. The van der Waals surface area contributed by atoms with Gasteiger partial charge in [0.25, 0.3) is 5.56 Å². The molecule has 0 spiro atoms. The average Bonchev–Trinajstić information content (AvgIpc) is 3.16. The van der Waals surface area contributed by atoms with Gasteiger partial charge < -0.3 is 9.80 Å². The van der Waals surface area contributed by atoms with Gasteiger partial charge in [0.05, 0.1) is 17.8 Å². The maximum atomic E-state index is 12.9. The number of carbonyl (C=O) groups excluding carboxylic acids is 1. The minimum atomic E-state index is -0.0428. The molecule has 3 aliphatic heterocycles. The number of piperidine rings is 1. The molecule has 148 valence electrons. The van der Waals surface area contributed by atoms with Crippen LogP contribution in [0.15, 0.2) is 4.79 Å². The van der Waals surface area contributed by atoms with Crippen LogP contribution in [-0.2, 0) is 17.8 Å². The zero-order chi connectivity index (χ0) is 19.0. The summed E-state index contributed by atoms with van der Waals surface area (Å²) >= 11 is 0. The third-order valence-electron chi connectivity index (χ3n) is 6.38. The van der Waals surface area contributed by atoms with Crippen molar-refractivity contribution >= 4 is 11.9 Å². The van der Waals surface area contributed by atoms with E-state index in [2.05, 4.69) is 33.5 Å². The number of anilines is 1. The molecule has 7 nitrogen and oxygen atoms in total. The molecule has 7 heteroatoms. The Kier molecular flexibility index (Phi) is 5.21. The lowest BCUT2D eigenvalue weighted by molar-refractivity contribution is -0.138. The van der Waals surface area contributed by atoms with E-state index in [0.29, 0.717) is 25.2 Å². The third-order valence-corrected chi connectivity index (χ3v) is 6.38. The van der Waals surface area contributed by atoms with Crippen LogP contribution in [0.1, 0.15) is 57.2 Å². The summed E-state index contributed by atoms with van der Waals surface area (Å²) in [7, 11) is 0. The van der Waals surface area contributed by atoms with Crippen LogP contribution in [0.5, 0.6) is 0 Å². The Morgan fingerprint density at radius 3 is 2.52 bits per heavy atom. The lowest BCUT2D eigenvalue weighted by Crippen LogP contribution is -2.51. The molecular formula is C20H31N5O2. The summed E-state index contributed by atoms with van der Waals surface area (Å²) in [4.78, 5) is 39.5. The van der Waals surface area contributed by atoms with Crippen molar-refractivity contribution in [1.82, 2.24) is 19.8 Å². The van der Waals surface area contributed by atoms with Crippen LogP contribution < -0.4 is 10.5 Å². The average molecular weight is 374 g/mol. The molecule has 1 N–H and O–H groups in total. The number of carbonyl (C=O) groups is 1. The number of likely N-dealkylation sites (tertiary alicyclic amines) is 1. The van der Waals surface area contributed by atoms with Gasteiger partial charge in [0, 0.05) is 44.7 Å². The highest BCUT2D eigenvalue weighted by Crippen LogP contribution is 2.24. The van der Waals surface area contributed by atoms with E-state index < -0.39 is 0 Å². The molecule has 4 heterocycles. The summed E-state index contributed by atoms with van der Waals surface area (Å²) in [6.07, 6.45) is 6.42. The zero-order valence-corrected chi connectivity index (χ0v) is 16.5. The molecule has 0 aliphatic carbocycles. The van der Waals surface area contributed by atoms with E-state index in [4.69, 9.17) is 4.98 Å². The van der Waals surface area contributed by atoms with Gasteiger partial charge in [-0.3, -0.25) is 19.5 Å². The summed E-state index contributed by atoms with van der Waals surface area (Å²) in [5.41, 5.74) is 1.60. The Bertz CT molecular complexity index is 745. The van der Waals surface area contributed by atoms with Crippen molar-refractivity contribution in [2.45, 2.75) is 71.0 Å². The molecule has 4 rings (SSSR count). The maximum absolute atomic E-state index is 12.9. The van der Waals surface area contributed by atoms with Crippen molar-refractivity contribution in [2.24, 2.45) is 0 Å². The Labute approximate surface area is 160 Å². The largest absolute Gasteiger partial charge is 0.342 e. The van der Waals surface area contributed by atoms with Gasteiger partial charge in [0.1, 0.15) is 0 Å². The first-order chi connectivity index (χ1) is 13.0. The SMILES string of the molecule is C[C@H]1CCC[C@H](C)N1C(=O)CN1CCc2nc(N3CCCC3)[nH]c(=O)c2C1.